The Hall–Kier alpha value is -2.15. The van der Waals surface area contributed by atoms with Crippen molar-refractivity contribution >= 4 is 17.6 Å². The Morgan fingerprint density at radius 2 is 1.88 bits per heavy atom. The van der Waals surface area contributed by atoms with Gasteiger partial charge >= 0.3 is 0 Å². The summed E-state index contributed by atoms with van der Waals surface area (Å²) in [6, 6.07) is 7.11. The second kappa shape index (κ2) is 10.9. The predicted molar refractivity (Wildman–Crippen MR) is 133 cm³/mol. The molecule has 7 heteroatoms. The number of amides is 2. The van der Waals surface area contributed by atoms with Gasteiger partial charge in [-0.25, -0.2) is 4.98 Å². The largest absolute Gasteiger partial charge is 0.353 e. The highest BCUT2D eigenvalue weighted by molar-refractivity contribution is 5.82. The molecule has 2 aliphatic rings. The Kier molecular flexibility index (Phi) is 8.38. The number of nitrogens with one attached hydrogen (secondary N) is 1. The molecular formula is C26H43N5O2. The van der Waals surface area contributed by atoms with E-state index in [0.717, 1.165) is 57.6 Å². The Morgan fingerprint density at radius 1 is 1.18 bits per heavy atom. The van der Waals surface area contributed by atoms with Crippen molar-refractivity contribution in [2.45, 2.75) is 90.9 Å². The van der Waals surface area contributed by atoms with E-state index in [9.17, 15) is 9.59 Å². The third kappa shape index (κ3) is 6.46. The summed E-state index contributed by atoms with van der Waals surface area (Å²) in [5.41, 5.74) is -0.500. The number of nitrogens with zero attached hydrogens (tertiary/aromatic N) is 4. The van der Waals surface area contributed by atoms with Gasteiger partial charge in [-0.15, -0.1) is 0 Å². The molecule has 0 bridgehead atoms. The Bertz CT molecular complexity index is 789. The molecule has 3 rings (SSSR count). The molecule has 1 aromatic rings. The van der Waals surface area contributed by atoms with Gasteiger partial charge in [-0.05, 0) is 58.1 Å². The van der Waals surface area contributed by atoms with Crippen molar-refractivity contribution in [3.63, 3.8) is 0 Å². The van der Waals surface area contributed by atoms with Gasteiger partial charge in [0.15, 0.2) is 0 Å². The molecule has 33 heavy (non-hydrogen) atoms. The van der Waals surface area contributed by atoms with Crippen LogP contribution in [0.4, 0.5) is 5.82 Å². The number of piperidine rings is 2. The maximum Gasteiger partial charge on any atom is 0.228 e. The fourth-order valence-electron chi connectivity index (χ4n) is 5.60. The van der Waals surface area contributed by atoms with E-state index >= 15 is 0 Å². The first kappa shape index (κ1) is 25.5. The van der Waals surface area contributed by atoms with Gasteiger partial charge in [-0.3, -0.25) is 9.59 Å². The lowest BCUT2D eigenvalue weighted by molar-refractivity contribution is -0.143. The maximum atomic E-state index is 13.7. The van der Waals surface area contributed by atoms with Crippen LogP contribution in [0.5, 0.6) is 0 Å². The van der Waals surface area contributed by atoms with Gasteiger partial charge in [0, 0.05) is 69.4 Å². The molecule has 0 spiro atoms. The molecule has 2 atom stereocenters. The summed E-state index contributed by atoms with van der Waals surface area (Å²) in [7, 11) is 1.98. The molecule has 0 saturated carbocycles. The van der Waals surface area contributed by atoms with Crippen molar-refractivity contribution in [2.75, 3.05) is 31.6 Å². The third-order valence-corrected chi connectivity index (χ3v) is 7.49. The molecule has 0 radical (unpaired) electrons. The van der Waals surface area contributed by atoms with Gasteiger partial charge in [0.25, 0.3) is 0 Å². The zero-order valence-electron chi connectivity index (χ0n) is 21.4. The molecule has 0 aliphatic carbocycles. The molecular weight excluding hydrogens is 414 g/mol. The summed E-state index contributed by atoms with van der Waals surface area (Å²) >= 11 is 0. The van der Waals surface area contributed by atoms with E-state index in [1.165, 1.54) is 0 Å². The Labute approximate surface area is 199 Å². The van der Waals surface area contributed by atoms with Crippen LogP contribution in [0.1, 0.15) is 66.7 Å². The minimum absolute atomic E-state index is 0.00726. The SMILES string of the molecule is CC(=O)NC1CCN(c2ccccn2)C(CC(C)(C)C(=O)N(C)C2CCN(C(C)C)CC2)C1. The molecule has 2 unspecified atom stereocenters. The first-order valence-corrected chi connectivity index (χ1v) is 12.5. The first-order valence-electron chi connectivity index (χ1n) is 12.5. The van der Waals surface area contributed by atoms with Crippen molar-refractivity contribution in [2.24, 2.45) is 5.41 Å². The fraction of sp³-hybridized carbons (Fsp3) is 0.731. The number of hydrogen-bond acceptors (Lipinski definition) is 5. The molecule has 2 aliphatic heterocycles. The molecule has 7 nitrogen and oxygen atoms in total. The smallest absolute Gasteiger partial charge is 0.228 e. The average Bonchev–Trinajstić information content (AvgIpc) is 2.78. The lowest BCUT2D eigenvalue weighted by Gasteiger charge is -2.45. The van der Waals surface area contributed by atoms with E-state index in [-0.39, 0.29) is 23.9 Å². The number of hydrogen-bond donors (Lipinski definition) is 1. The number of carbonyl (C=O) groups is 2. The van der Waals surface area contributed by atoms with E-state index < -0.39 is 5.41 Å². The lowest BCUT2D eigenvalue weighted by atomic mass is 9.79. The summed E-state index contributed by atoms with van der Waals surface area (Å²) in [6.07, 6.45) is 6.32. The molecule has 1 aromatic heterocycles. The molecule has 0 aromatic carbocycles. The second-order valence-corrected chi connectivity index (χ2v) is 10.8. The van der Waals surface area contributed by atoms with E-state index in [0.29, 0.717) is 12.1 Å². The van der Waals surface area contributed by atoms with Gasteiger partial charge in [-0.2, -0.15) is 0 Å². The summed E-state index contributed by atoms with van der Waals surface area (Å²) in [6.45, 7) is 13.1. The molecule has 3 heterocycles. The van der Waals surface area contributed by atoms with Crippen LogP contribution in [0.15, 0.2) is 24.4 Å². The average molecular weight is 458 g/mol. The van der Waals surface area contributed by atoms with Crippen LogP contribution in [-0.4, -0.2) is 77.4 Å². The van der Waals surface area contributed by atoms with Gasteiger partial charge in [0.2, 0.25) is 11.8 Å². The monoisotopic (exact) mass is 457 g/mol. The van der Waals surface area contributed by atoms with Crippen LogP contribution in [0.25, 0.3) is 0 Å². The highest BCUT2D eigenvalue weighted by Gasteiger charge is 2.40. The van der Waals surface area contributed by atoms with E-state index in [4.69, 9.17) is 0 Å². The number of carbonyl (C=O) groups excluding carboxylic acids is 2. The quantitative estimate of drug-likeness (QED) is 0.680. The maximum absolute atomic E-state index is 13.7. The lowest BCUT2D eigenvalue weighted by Crippen LogP contribution is -2.54. The standard InChI is InChI=1S/C26H43N5O2/c1-19(2)30-14-11-22(12-15-30)29(6)25(33)26(4,5)18-23-17-21(28-20(3)32)10-16-31(23)24-9-7-8-13-27-24/h7-9,13,19,21-23H,10-12,14-18H2,1-6H3,(H,28,32). The molecule has 1 N–H and O–H groups in total. The van der Waals surface area contributed by atoms with E-state index in [1.807, 2.05) is 36.3 Å². The van der Waals surface area contributed by atoms with Gasteiger partial charge < -0.3 is 20.0 Å². The molecule has 2 amide bonds. The number of rotatable bonds is 7. The first-order chi connectivity index (χ1) is 15.6. The van der Waals surface area contributed by atoms with Gasteiger partial charge in [0.05, 0.1) is 0 Å². The highest BCUT2D eigenvalue weighted by Crippen LogP contribution is 2.34. The van der Waals surface area contributed by atoms with Gasteiger partial charge in [-0.1, -0.05) is 19.9 Å². The normalized spacial score (nSPS) is 22.9. The van der Waals surface area contributed by atoms with Crippen LogP contribution in [0.2, 0.25) is 0 Å². The van der Waals surface area contributed by atoms with E-state index in [2.05, 4.69) is 47.8 Å². The fourth-order valence-corrected chi connectivity index (χ4v) is 5.60. The number of aromatic nitrogens is 1. The molecule has 2 fully saturated rings. The Balaban J connectivity index is 1.70. The second-order valence-electron chi connectivity index (χ2n) is 10.8. The van der Waals surface area contributed by atoms with Crippen molar-refractivity contribution in [1.82, 2.24) is 20.1 Å². The zero-order valence-corrected chi connectivity index (χ0v) is 21.4. The molecule has 2 saturated heterocycles. The van der Waals surface area contributed by atoms with Crippen LogP contribution in [-0.2, 0) is 9.59 Å². The van der Waals surface area contributed by atoms with Crippen LogP contribution in [0.3, 0.4) is 0 Å². The van der Waals surface area contributed by atoms with Crippen LogP contribution in [0, 0.1) is 5.41 Å². The summed E-state index contributed by atoms with van der Waals surface area (Å²) in [4.78, 5) is 36.8. The zero-order chi connectivity index (χ0) is 24.2. The topological polar surface area (TPSA) is 68.8 Å². The number of likely N-dealkylation sites (tertiary alicyclic amines) is 1. The van der Waals surface area contributed by atoms with E-state index in [1.54, 1.807) is 6.92 Å². The summed E-state index contributed by atoms with van der Waals surface area (Å²) < 4.78 is 0. The predicted octanol–water partition coefficient (Wildman–Crippen LogP) is 3.30. The van der Waals surface area contributed by atoms with Gasteiger partial charge in [0.1, 0.15) is 5.82 Å². The van der Waals surface area contributed by atoms with Crippen molar-refractivity contribution < 1.29 is 9.59 Å². The highest BCUT2D eigenvalue weighted by atomic mass is 16.2. The Morgan fingerprint density at radius 3 is 2.45 bits per heavy atom. The van der Waals surface area contributed by atoms with Crippen molar-refractivity contribution in [3.8, 4) is 0 Å². The number of pyridine rings is 1. The van der Waals surface area contributed by atoms with Crippen LogP contribution < -0.4 is 10.2 Å². The van der Waals surface area contributed by atoms with Crippen molar-refractivity contribution in [3.05, 3.63) is 24.4 Å². The van der Waals surface area contributed by atoms with Crippen molar-refractivity contribution in [1.29, 1.82) is 0 Å². The summed E-state index contributed by atoms with van der Waals surface area (Å²) in [5, 5.41) is 3.10. The minimum Gasteiger partial charge on any atom is -0.353 e. The molecule has 184 valence electrons. The minimum atomic E-state index is -0.500. The van der Waals surface area contributed by atoms with Crippen LogP contribution >= 0.6 is 0 Å². The summed E-state index contributed by atoms with van der Waals surface area (Å²) in [5.74, 6) is 1.17. The third-order valence-electron chi connectivity index (χ3n) is 7.49. The number of anilines is 1.